The van der Waals surface area contributed by atoms with E-state index in [9.17, 15) is 9.90 Å². The van der Waals surface area contributed by atoms with E-state index in [-0.39, 0.29) is 24.1 Å². The van der Waals surface area contributed by atoms with Gasteiger partial charge >= 0.3 is 5.97 Å². The van der Waals surface area contributed by atoms with Crippen LogP contribution in [-0.2, 0) is 9.53 Å². The molecule has 0 spiro atoms. The van der Waals surface area contributed by atoms with E-state index in [4.69, 9.17) is 4.74 Å². The summed E-state index contributed by atoms with van der Waals surface area (Å²) in [6.07, 6.45) is 3.99. The minimum absolute atomic E-state index is 0.118. The van der Waals surface area contributed by atoms with E-state index < -0.39 is 0 Å². The third kappa shape index (κ3) is 2.70. The van der Waals surface area contributed by atoms with Crippen LogP contribution >= 0.6 is 0 Å². The second-order valence-electron chi connectivity index (χ2n) is 5.16. The fourth-order valence-corrected chi connectivity index (χ4v) is 2.76. The van der Waals surface area contributed by atoms with Crippen molar-refractivity contribution in [3.05, 3.63) is 54.0 Å². The number of phenolic OH excluding ortho intramolecular Hbond substituents is 1. The third-order valence-corrected chi connectivity index (χ3v) is 3.75. The van der Waals surface area contributed by atoms with Gasteiger partial charge in [0.25, 0.3) is 0 Å². The molecule has 0 saturated carbocycles. The fourth-order valence-electron chi connectivity index (χ4n) is 2.76. The maximum absolute atomic E-state index is 11.9. The molecule has 0 aliphatic carbocycles. The zero-order valence-electron chi connectivity index (χ0n) is 12.3. The number of phenols is 1. The Labute approximate surface area is 127 Å². The number of esters is 1. The third-order valence-electron chi connectivity index (χ3n) is 3.75. The first-order valence-corrected chi connectivity index (χ1v) is 7.28. The van der Waals surface area contributed by atoms with Crippen LogP contribution < -0.4 is 0 Å². The minimum atomic E-state index is -0.227. The predicted octanol–water partition coefficient (Wildman–Crippen LogP) is 3.29. The summed E-state index contributed by atoms with van der Waals surface area (Å²) >= 11 is 0. The topological polar surface area (TPSA) is 78.1 Å². The molecule has 0 bridgehead atoms. The molecule has 2 heterocycles. The standard InChI is InChI=1S/C17H18N2O3/c1-2-22-17(21)9-13(15-4-3-7-18-15)14-10-19-16-8-11(20)5-6-12(14)16/h3-8,10,13,18-20H,2,9H2,1H3. The molecule has 22 heavy (non-hydrogen) atoms. The van der Waals surface area contributed by atoms with Crippen molar-refractivity contribution in [3.8, 4) is 5.75 Å². The highest BCUT2D eigenvalue weighted by atomic mass is 16.5. The average Bonchev–Trinajstić information content (AvgIpc) is 3.14. The number of fused-ring (bicyclic) bond motifs is 1. The minimum Gasteiger partial charge on any atom is -0.508 e. The highest BCUT2D eigenvalue weighted by Crippen LogP contribution is 2.34. The molecule has 1 aromatic carbocycles. The van der Waals surface area contributed by atoms with Crippen LogP contribution in [0.4, 0.5) is 0 Å². The van der Waals surface area contributed by atoms with Gasteiger partial charge in [-0.05, 0) is 36.8 Å². The number of rotatable bonds is 5. The molecule has 3 rings (SSSR count). The molecule has 0 amide bonds. The van der Waals surface area contributed by atoms with Crippen molar-refractivity contribution in [1.29, 1.82) is 0 Å². The molecule has 114 valence electrons. The summed E-state index contributed by atoms with van der Waals surface area (Å²) in [7, 11) is 0. The molecule has 2 aromatic heterocycles. The van der Waals surface area contributed by atoms with Gasteiger partial charge in [-0.3, -0.25) is 4.79 Å². The van der Waals surface area contributed by atoms with Crippen LogP contribution in [0.5, 0.6) is 5.75 Å². The smallest absolute Gasteiger partial charge is 0.306 e. The van der Waals surface area contributed by atoms with Crippen molar-refractivity contribution in [3.63, 3.8) is 0 Å². The van der Waals surface area contributed by atoms with Gasteiger partial charge in [-0.1, -0.05) is 0 Å². The number of ether oxygens (including phenoxy) is 1. The molecule has 1 unspecified atom stereocenters. The predicted molar refractivity (Wildman–Crippen MR) is 83.8 cm³/mol. The molecular weight excluding hydrogens is 280 g/mol. The van der Waals surface area contributed by atoms with Crippen LogP contribution in [0.2, 0.25) is 0 Å². The van der Waals surface area contributed by atoms with Gasteiger partial charge in [0.2, 0.25) is 0 Å². The van der Waals surface area contributed by atoms with Crippen LogP contribution in [0.25, 0.3) is 10.9 Å². The highest BCUT2D eigenvalue weighted by Gasteiger charge is 2.22. The fraction of sp³-hybridized carbons (Fsp3) is 0.235. The summed E-state index contributed by atoms with van der Waals surface area (Å²) in [4.78, 5) is 18.3. The average molecular weight is 298 g/mol. The summed E-state index contributed by atoms with van der Waals surface area (Å²) in [5.41, 5.74) is 2.81. The lowest BCUT2D eigenvalue weighted by molar-refractivity contribution is -0.143. The van der Waals surface area contributed by atoms with Gasteiger partial charge in [0.15, 0.2) is 0 Å². The molecule has 0 aliphatic heterocycles. The molecule has 1 atom stereocenters. The first-order chi connectivity index (χ1) is 10.7. The number of benzene rings is 1. The van der Waals surface area contributed by atoms with E-state index in [1.54, 1.807) is 19.1 Å². The van der Waals surface area contributed by atoms with Crippen LogP contribution in [-0.4, -0.2) is 27.7 Å². The summed E-state index contributed by atoms with van der Waals surface area (Å²) in [6.45, 7) is 2.17. The van der Waals surface area contributed by atoms with Crippen molar-refractivity contribution in [2.75, 3.05) is 6.61 Å². The Bertz CT molecular complexity index is 774. The van der Waals surface area contributed by atoms with Crippen LogP contribution in [0.15, 0.2) is 42.7 Å². The van der Waals surface area contributed by atoms with Crippen molar-refractivity contribution in [2.24, 2.45) is 0 Å². The largest absolute Gasteiger partial charge is 0.508 e. The molecule has 0 radical (unpaired) electrons. The number of aromatic nitrogens is 2. The van der Waals surface area contributed by atoms with Crippen LogP contribution in [0.1, 0.15) is 30.5 Å². The van der Waals surface area contributed by atoms with Crippen LogP contribution in [0.3, 0.4) is 0 Å². The van der Waals surface area contributed by atoms with Crippen molar-refractivity contribution in [2.45, 2.75) is 19.3 Å². The summed E-state index contributed by atoms with van der Waals surface area (Å²) in [5, 5.41) is 10.6. The van der Waals surface area contributed by atoms with Gasteiger partial charge in [0.05, 0.1) is 13.0 Å². The Morgan fingerprint density at radius 2 is 2.18 bits per heavy atom. The number of hydrogen-bond acceptors (Lipinski definition) is 3. The quantitative estimate of drug-likeness (QED) is 0.632. The molecule has 3 aromatic rings. The number of nitrogens with one attached hydrogen (secondary N) is 2. The molecule has 0 saturated heterocycles. The second kappa shape index (κ2) is 5.97. The molecule has 5 nitrogen and oxygen atoms in total. The van der Waals surface area contributed by atoms with E-state index in [2.05, 4.69) is 9.97 Å². The molecule has 0 aliphatic rings. The van der Waals surface area contributed by atoms with Gasteiger partial charge in [0.1, 0.15) is 5.75 Å². The number of carbonyl (C=O) groups excluding carboxylic acids is 1. The van der Waals surface area contributed by atoms with Gasteiger partial charge in [-0.15, -0.1) is 0 Å². The molecule has 0 fully saturated rings. The highest BCUT2D eigenvalue weighted by molar-refractivity contribution is 5.86. The van der Waals surface area contributed by atoms with Crippen molar-refractivity contribution >= 4 is 16.9 Å². The Morgan fingerprint density at radius 1 is 1.32 bits per heavy atom. The summed E-state index contributed by atoms with van der Waals surface area (Å²) in [6, 6.07) is 9.06. The van der Waals surface area contributed by atoms with E-state index in [1.165, 1.54) is 0 Å². The zero-order chi connectivity index (χ0) is 15.5. The van der Waals surface area contributed by atoms with Gasteiger partial charge in [0, 0.05) is 41.0 Å². The number of aromatic amines is 2. The Kier molecular flexibility index (Phi) is 3.87. The Hall–Kier alpha value is -2.69. The summed E-state index contributed by atoms with van der Waals surface area (Å²) < 4.78 is 5.10. The monoisotopic (exact) mass is 298 g/mol. The van der Waals surface area contributed by atoms with Gasteiger partial charge in [-0.2, -0.15) is 0 Å². The first-order valence-electron chi connectivity index (χ1n) is 7.28. The SMILES string of the molecule is CCOC(=O)CC(c1ccc[nH]1)c1c[nH]c2cc(O)ccc12. The lowest BCUT2D eigenvalue weighted by Gasteiger charge is -2.14. The molecular formula is C17H18N2O3. The summed E-state index contributed by atoms with van der Waals surface area (Å²) in [5.74, 6) is -0.134. The van der Waals surface area contributed by atoms with E-state index in [1.807, 2.05) is 30.6 Å². The molecule has 3 N–H and O–H groups in total. The van der Waals surface area contributed by atoms with E-state index in [0.29, 0.717) is 6.61 Å². The lowest BCUT2D eigenvalue weighted by Crippen LogP contribution is -2.11. The second-order valence-corrected chi connectivity index (χ2v) is 5.16. The number of aromatic hydroxyl groups is 1. The van der Waals surface area contributed by atoms with E-state index in [0.717, 1.165) is 22.2 Å². The normalized spacial score (nSPS) is 12.4. The van der Waals surface area contributed by atoms with Gasteiger partial charge < -0.3 is 19.8 Å². The van der Waals surface area contributed by atoms with Crippen molar-refractivity contribution in [1.82, 2.24) is 9.97 Å². The number of hydrogen-bond donors (Lipinski definition) is 3. The first kappa shape index (κ1) is 14.3. The van der Waals surface area contributed by atoms with E-state index >= 15 is 0 Å². The maximum atomic E-state index is 11.9. The number of carbonyl (C=O) groups is 1. The van der Waals surface area contributed by atoms with Gasteiger partial charge in [-0.25, -0.2) is 0 Å². The Morgan fingerprint density at radius 3 is 2.91 bits per heavy atom. The van der Waals surface area contributed by atoms with Crippen molar-refractivity contribution < 1.29 is 14.6 Å². The van der Waals surface area contributed by atoms with Crippen LogP contribution in [0, 0.1) is 0 Å². The Balaban J connectivity index is 2.02. The lowest BCUT2D eigenvalue weighted by atomic mass is 9.92. The maximum Gasteiger partial charge on any atom is 0.306 e. The number of H-pyrrole nitrogens is 2. The zero-order valence-corrected chi connectivity index (χ0v) is 12.3. The molecule has 5 heteroatoms.